The van der Waals surface area contributed by atoms with Gasteiger partial charge in [0, 0.05) is 5.02 Å². The smallest absolute Gasteiger partial charge is 0.434 e. The monoisotopic (exact) mass is 411 g/mol. The minimum absolute atomic E-state index is 0.00162. The first-order valence-corrected chi connectivity index (χ1v) is 8.83. The molecule has 1 aromatic heterocycles. The first-order valence-electron chi connectivity index (χ1n) is 7.64. The Hall–Kier alpha value is -2.58. The standard InChI is InChI=1S/C18H13ClF3N3OS/c1-26-14-4-2-3-11(9-14)10-23-25-17-24-16(18(20,21)22)15(27-17)12-5-7-13(19)8-6-12/h2-10H,1H3,(H,24,25)/b23-10-. The van der Waals surface area contributed by atoms with Gasteiger partial charge in [0.15, 0.2) is 5.69 Å². The second-order valence-corrected chi connectivity index (χ2v) is 6.78. The van der Waals surface area contributed by atoms with Gasteiger partial charge in [-0.2, -0.15) is 18.3 Å². The highest BCUT2D eigenvalue weighted by molar-refractivity contribution is 7.19. The van der Waals surface area contributed by atoms with Gasteiger partial charge in [0.05, 0.1) is 18.2 Å². The maximum absolute atomic E-state index is 13.3. The van der Waals surface area contributed by atoms with Gasteiger partial charge in [-0.1, -0.05) is 47.2 Å². The normalized spacial score (nSPS) is 11.7. The summed E-state index contributed by atoms with van der Waals surface area (Å²) in [7, 11) is 1.54. The van der Waals surface area contributed by atoms with E-state index in [0.717, 1.165) is 16.9 Å². The Balaban J connectivity index is 1.86. The van der Waals surface area contributed by atoms with E-state index in [9.17, 15) is 13.2 Å². The Bertz CT molecular complexity index is 955. The molecule has 0 saturated carbocycles. The summed E-state index contributed by atoms with van der Waals surface area (Å²) in [6, 6.07) is 13.2. The van der Waals surface area contributed by atoms with Crippen LogP contribution in [0.5, 0.6) is 5.75 Å². The highest BCUT2D eigenvalue weighted by Gasteiger charge is 2.38. The first-order chi connectivity index (χ1) is 12.9. The molecule has 3 aromatic rings. The van der Waals surface area contributed by atoms with Crippen LogP contribution >= 0.6 is 22.9 Å². The van der Waals surface area contributed by atoms with Crippen molar-refractivity contribution in [3.05, 3.63) is 64.8 Å². The lowest BCUT2D eigenvalue weighted by Crippen LogP contribution is -2.07. The number of nitrogens with one attached hydrogen (secondary N) is 1. The van der Waals surface area contributed by atoms with Crippen LogP contribution in [0, 0.1) is 0 Å². The fourth-order valence-electron chi connectivity index (χ4n) is 2.24. The van der Waals surface area contributed by atoms with Crippen LogP contribution in [0.15, 0.2) is 53.6 Å². The van der Waals surface area contributed by atoms with Gasteiger partial charge < -0.3 is 4.74 Å². The van der Waals surface area contributed by atoms with Crippen molar-refractivity contribution < 1.29 is 17.9 Å². The number of alkyl halides is 3. The fourth-order valence-corrected chi connectivity index (χ4v) is 3.31. The van der Waals surface area contributed by atoms with Crippen LogP contribution in [0.25, 0.3) is 10.4 Å². The number of nitrogens with zero attached hydrogens (tertiary/aromatic N) is 2. The van der Waals surface area contributed by atoms with Gasteiger partial charge in [-0.15, -0.1) is 0 Å². The van der Waals surface area contributed by atoms with Crippen LogP contribution in [0.4, 0.5) is 18.3 Å². The number of anilines is 1. The molecule has 0 unspecified atom stereocenters. The second kappa shape index (κ2) is 7.98. The predicted molar refractivity (Wildman–Crippen MR) is 102 cm³/mol. The van der Waals surface area contributed by atoms with Gasteiger partial charge in [-0.05, 0) is 35.4 Å². The number of rotatable bonds is 5. The van der Waals surface area contributed by atoms with Crippen LogP contribution in [0.1, 0.15) is 11.3 Å². The number of hydrogen-bond acceptors (Lipinski definition) is 5. The Morgan fingerprint density at radius 2 is 1.93 bits per heavy atom. The molecule has 0 spiro atoms. The minimum Gasteiger partial charge on any atom is -0.497 e. The van der Waals surface area contributed by atoms with Crippen molar-refractivity contribution in [2.75, 3.05) is 12.5 Å². The third kappa shape index (κ3) is 4.78. The van der Waals surface area contributed by atoms with E-state index in [4.69, 9.17) is 16.3 Å². The van der Waals surface area contributed by atoms with E-state index in [1.807, 2.05) is 0 Å². The van der Waals surface area contributed by atoms with E-state index in [2.05, 4.69) is 15.5 Å². The lowest BCUT2D eigenvalue weighted by atomic mass is 10.1. The fraction of sp³-hybridized carbons (Fsp3) is 0.111. The number of hydrazone groups is 1. The van der Waals surface area contributed by atoms with Gasteiger partial charge in [0.2, 0.25) is 5.13 Å². The molecule has 27 heavy (non-hydrogen) atoms. The van der Waals surface area contributed by atoms with Crippen molar-refractivity contribution in [1.82, 2.24) is 4.98 Å². The average Bonchev–Trinajstić information content (AvgIpc) is 3.07. The zero-order valence-electron chi connectivity index (χ0n) is 13.9. The summed E-state index contributed by atoms with van der Waals surface area (Å²) >= 11 is 6.67. The van der Waals surface area contributed by atoms with Crippen molar-refractivity contribution in [2.45, 2.75) is 6.18 Å². The summed E-state index contributed by atoms with van der Waals surface area (Å²) in [4.78, 5) is 3.65. The molecule has 1 N–H and O–H groups in total. The number of aromatic nitrogens is 1. The lowest BCUT2D eigenvalue weighted by molar-refractivity contribution is -0.140. The van der Waals surface area contributed by atoms with Crippen LogP contribution in [0.2, 0.25) is 5.02 Å². The quantitative estimate of drug-likeness (QED) is 0.417. The summed E-state index contributed by atoms with van der Waals surface area (Å²) in [6.07, 6.45) is -3.11. The zero-order valence-corrected chi connectivity index (χ0v) is 15.5. The molecule has 2 aromatic carbocycles. The minimum atomic E-state index is -4.58. The molecule has 0 amide bonds. The molecule has 1 heterocycles. The lowest BCUT2D eigenvalue weighted by Gasteiger charge is -2.05. The molecule has 0 aliphatic rings. The average molecular weight is 412 g/mol. The SMILES string of the molecule is COc1cccc(/C=N\Nc2nc(C(F)(F)F)c(-c3ccc(Cl)cc3)s2)c1. The molecule has 4 nitrogen and oxygen atoms in total. The highest BCUT2D eigenvalue weighted by Crippen LogP contribution is 2.42. The van der Waals surface area contributed by atoms with Crippen molar-refractivity contribution >= 4 is 34.3 Å². The molecule has 0 radical (unpaired) electrons. The molecular formula is C18H13ClF3N3OS. The van der Waals surface area contributed by atoms with Crippen LogP contribution in [-0.2, 0) is 6.18 Å². The van der Waals surface area contributed by atoms with Crippen LogP contribution < -0.4 is 10.2 Å². The molecule has 9 heteroatoms. The van der Waals surface area contributed by atoms with E-state index < -0.39 is 11.9 Å². The molecule has 0 atom stereocenters. The molecule has 0 aliphatic carbocycles. The van der Waals surface area contributed by atoms with E-state index >= 15 is 0 Å². The Morgan fingerprint density at radius 1 is 1.19 bits per heavy atom. The van der Waals surface area contributed by atoms with Crippen molar-refractivity contribution in [3.8, 4) is 16.2 Å². The molecular weight excluding hydrogens is 399 g/mol. The number of benzene rings is 2. The number of halogens is 4. The molecule has 3 rings (SSSR count). The van der Waals surface area contributed by atoms with Gasteiger partial charge in [-0.3, -0.25) is 5.43 Å². The number of hydrogen-bond donors (Lipinski definition) is 1. The van der Waals surface area contributed by atoms with E-state index in [1.54, 1.807) is 31.4 Å². The van der Waals surface area contributed by atoms with Crippen molar-refractivity contribution in [1.29, 1.82) is 0 Å². The Morgan fingerprint density at radius 3 is 2.59 bits per heavy atom. The summed E-state index contributed by atoms with van der Waals surface area (Å²) in [6.45, 7) is 0. The maximum atomic E-state index is 13.3. The van der Waals surface area contributed by atoms with E-state index in [1.165, 1.54) is 30.5 Å². The van der Waals surface area contributed by atoms with Crippen LogP contribution in [0.3, 0.4) is 0 Å². The van der Waals surface area contributed by atoms with Crippen molar-refractivity contribution in [2.24, 2.45) is 5.10 Å². The third-order valence-corrected chi connectivity index (χ3v) is 4.73. The largest absolute Gasteiger partial charge is 0.497 e. The topological polar surface area (TPSA) is 46.5 Å². The van der Waals surface area contributed by atoms with Gasteiger partial charge in [0.25, 0.3) is 0 Å². The zero-order chi connectivity index (χ0) is 19.4. The third-order valence-electron chi connectivity index (χ3n) is 3.47. The predicted octanol–water partition coefficient (Wildman–Crippen LogP) is 5.94. The summed E-state index contributed by atoms with van der Waals surface area (Å²) in [5.74, 6) is 0.651. The Kier molecular flexibility index (Phi) is 5.67. The van der Waals surface area contributed by atoms with Gasteiger partial charge in [-0.25, -0.2) is 4.98 Å². The Labute approximate surface area is 162 Å². The molecule has 140 valence electrons. The van der Waals surface area contributed by atoms with E-state index in [0.29, 0.717) is 16.3 Å². The summed E-state index contributed by atoms with van der Waals surface area (Å²) in [5.41, 5.74) is 2.70. The molecule has 0 bridgehead atoms. The molecule has 0 fully saturated rings. The highest BCUT2D eigenvalue weighted by atomic mass is 35.5. The van der Waals surface area contributed by atoms with E-state index in [-0.39, 0.29) is 10.0 Å². The summed E-state index contributed by atoms with van der Waals surface area (Å²) < 4.78 is 45.1. The number of thiazole rings is 1. The van der Waals surface area contributed by atoms with Crippen LogP contribution in [-0.4, -0.2) is 18.3 Å². The van der Waals surface area contributed by atoms with Crippen molar-refractivity contribution in [3.63, 3.8) is 0 Å². The second-order valence-electron chi connectivity index (χ2n) is 5.35. The molecule has 0 aliphatic heterocycles. The number of methoxy groups -OCH3 is 1. The number of ether oxygens (including phenoxy) is 1. The molecule has 0 saturated heterocycles. The van der Waals surface area contributed by atoms with Gasteiger partial charge >= 0.3 is 6.18 Å². The first kappa shape index (κ1) is 19.2. The summed E-state index contributed by atoms with van der Waals surface area (Å²) in [5, 5.41) is 4.44. The maximum Gasteiger partial charge on any atom is 0.434 e. The van der Waals surface area contributed by atoms with Gasteiger partial charge in [0.1, 0.15) is 5.75 Å².